The molecule has 0 radical (unpaired) electrons. The molecule has 0 saturated carbocycles. The van der Waals surface area contributed by atoms with Crippen molar-refractivity contribution in [3.8, 4) is 5.75 Å². The van der Waals surface area contributed by atoms with Crippen molar-refractivity contribution >= 4 is 40.6 Å². The van der Waals surface area contributed by atoms with Crippen molar-refractivity contribution in [3.05, 3.63) is 64.6 Å². The van der Waals surface area contributed by atoms with Crippen molar-refractivity contribution in [1.82, 2.24) is 4.90 Å². The number of aromatic hydroxyl groups is 1. The van der Waals surface area contributed by atoms with Gasteiger partial charge in [0.15, 0.2) is 5.17 Å². The van der Waals surface area contributed by atoms with Gasteiger partial charge in [-0.05, 0) is 66.7 Å². The van der Waals surface area contributed by atoms with Gasteiger partial charge in [0.1, 0.15) is 5.75 Å². The number of likely N-dealkylation sites (N-methyl/N-ethyl adjacent to an activating group) is 1. The molecule has 0 bridgehead atoms. The van der Waals surface area contributed by atoms with Gasteiger partial charge in [-0.15, -0.1) is 0 Å². The molecule has 1 fully saturated rings. The molecule has 1 amide bonds. The van der Waals surface area contributed by atoms with Crippen LogP contribution in [0.5, 0.6) is 5.75 Å². The van der Waals surface area contributed by atoms with Crippen molar-refractivity contribution in [2.45, 2.75) is 6.92 Å². The second kappa shape index (κ2) is 7.45. The van der Waals surface area contributed by atoms with Crippen LogP contribution in [-0.4, -0.2) is 38.7 Å². The molecule has 1 saturated heterocycles. The third kappa shape index (κ3) is 3.78. The third-order valence-corrected chi connectivity index (χ3v) is 4.72. The number of phenols is 1. The fourth-order valence-corrected chi connectivity index (χ4v) is 3.49. The molecule has 132 valence electrons. The smallest absolute Gasteiger partial charge is 0.335 e. The Morgan fingerprint density at radius 3 is 2.58 bits per heavy atom. The summed E-state index contributed by atoms with van der Waals surface area (Å²) in [6.45, 7) is 2.33. The lowest BCUT2D eigenvalue weighted by atomic mass is 10.2. The highest BCUT2D eigenvalue weighted by Crippen LogP contribution is 2.34. The summed E-state index contributed by atoms with van der Waals surface area (Å²) in [6, 6.07) is 12.8. The summed E-state index contributed by atoms with van der Waals surface area (Å²) in [5.74, 6) is -1.02. The number of thioether (sulfide) groups is 1. The Kier molecular flexibility index (Phi) is 5.09. The summed E-state index contributed by atoms with van der Waals surface area (Å²) in [7, 11) is 0. The molecule has 0 aliphatic carbocycles. The number of carboxylic acids is 1. The third-order valence-electron chi connectivity index (χ3n) is 3.71. The van der Waals surface area contributed by atoms with Gasteiger partial charge in [-0.2, -0.15) is 0 Å². The van der Waals surface area contributed by atoms with Crippen LogP contribution in [0, 0.1) is 0 Å². The van der Waals surface area contributed by atoms with Crippen LogP contribution in [-0.2, 0) is 4.79 Å². The number of nitrogens with zero attached hydrogens (tertiary/aromatic N) is 2. The second-order valence-corrected chi connectivity index (χ2v) is 6.51. The predicted octanol–water partition coefficient (Wildman–Crippen LogP) is 3.71. The molecule has 7 heteroatoms. The Morgan fingerprint density at radius 1 is 1.23 bits per heavy atom. The monoisotopic (exact) mass is 368 g/mol. The van der Waals surface area contributed by atoms with E-state index in [0.717, 1.165) is 5.56 Å². The van der Waals surface area contributed by atoms with Crippen molar-refractivity contribution in [2.75, 3.05) is 6.54 Å². The zero-order chi connectivity index (χ0) is 18.7. The summed E-state index contributed by atoms with van der Waals surface area (Å²) < 4.78 is 0. The van der Waals surface area contributed by atoms with E-state index >= 15 is 0 Å². The van der Waals surface area contributed by atoms with Gasteiger partial charge in [-0.25, -0.2) is 9.79 Å². The number of carbonyl (C=O) groups excluding carboxylic acids is 1. The zero-order valence-corrected chi connectivity index (χ0v) is 14.7. The molecule has 0 aromatic heterocycles. The Labute approximate surface area is 154 Å². The number of amides is 1. The Balaban J connectivity index is 1.90. The fourth-order valence-electron chi connectivity index (χ4n) is 2.43. The first kappa shape index (κ1) is 17.8. The number of rotatable bonds is 4. The van der Waals surface area contributed by atoms with Crippen molar-refractivity contribution in [3.63, 3.8) is 0 Å². The summed E-state index contributed by atoms with van der Waals surface area (Å²) in [4.78, 5) is 30.1. The molecule has 0 atom stereocenters. The summed E-state index contributed by atoms with van der Waals surface area (Å²) in [5, 5.41) is 19.0. The number of aromatic carboxylic acids is 1. The second-order valence-electron chi connectivity index (χ2n) is 5.50. The van der Waals surface area contributed by atoms with Crippen LogP contribution in [0.25, 0.3) is 6.08 Å². The minimum atomic E-state index is -0.999. The van der Waals surface area contributed by atoms with E-state index in [2.05, 4.69) is 4.99 Å². The molecule has 1 aliphatic rings. The van der Waals surface area contributed by atoms with E-state index < -0.39 is 5.97 Å². The maximum atomic E-state index is 12.6. The van der Waals surface area contributed by atoms with E-state index in [1.165, 1.54) is 23.9 Å². The fraction of sp³-hybridized carbons (Fsp3) is 0.105. The van der Waals surface area contributed by atoms with Gasteiger partial charge in [-0.1, -0.05) is 12.1 Å². The maximum absolute atomic E-state index is 12.6. The highest BCUT2D eigenvalue weighted by atomic mass is 32.2. The number of phenolic OH excluding ortho intramolecular Hbond substituents is 1. The number of hydrogen-bond acceptors (Lipinski definition) is 5. The lowest BCUT2D eigenvalue weighted by Gasteiger charge is -2.12. The van der Waals surface area contributed by atoms with Crippen molar-refractivity contribution in [2.24, 2.45) is 4.99 Å². The molecule has 0 unspecified atom stereocenters. The van der Waals surface area contributed by atoms with Crippen LogP contribution in [0.1, 0.15) is 22.8 Å². The zero-order valence-electron chi connectivity index (χ0n) is 13.9. The first-order valence-corrected chi connectivity index (χ1v) is 8.72. The summed E-state index contributed by atoms with van der Waals surface area (Å²) >= 11 is 1.25. The van der Waals surface area contributed by atoms with E-state index in [-0.39, 0.29) is 17.2 Å². The van der Waals surface area contributed by atoms with Gasteiger partial charge in [-0.3, -0.25) is 9.69 Å². The highest BCUT2D eigenvalue weighted by Gasteiger charge is 2.32. The van der Waals surface area contributed by atoms with Crippen LogP contribution in [0.2, 0.25) is 0 Å². The van der Waals surface area contributed by atoms with Gasteiger partial charge in [0.25, 0.3) is 5.91 Å². The molecule has 2 N–H and O–H groups in total. The molecule has 26 heavy (non-hydrogen) atoms. The lowest BCUT2D eigenvalue weighted by molar-refractivity contribution is -0.122. The summed E-state index contributed by atoms with van der Waals surface area (Å²) in [5.41, 5.74) is 1.48. The number of carboxylic acid groups (broad SMARTS) is 1. The van der Waals surface area contributed by atoms with Crippen LogP contribution >= 0.6 is 11.8 Å². The van der Waals surface area contributed by atoms with Crippen LogP contribution in [0.4, 0.5) is 5.69 Å². The van der Waals surface area contributed by atoms with Gasteiger partial charge in [0.2, 0.25) is 0 Å². The van der Waals surface area contributed by atoms with Gasteiger partial charge in [0.05, 0.1) is 16.2 Å². The topological polar surface area (TPSA) is 90.2 Å². The number of benzene rings is 2. The molecule has 6 nitrogen and oxygen atoms in total. The first-order chi connectivity index (χ1) is 12.5. The molecule has 2 aromatic rings. The van der Waals surface area contributed by atoms with Crippen molar-refractivity contribution in [1.29, 1.82) is 0 Å². The standard InChI is InChI=1S/C19H16N2O4S/c1-2-21-17(23)16(11-12-4-3-5-15(22)10-12)26-19(21)20-14-8-6-13(7-9-14)18(24)25/h3-11,22H,2H2,1H3,(H,24,25)/b16-11-,20-19?. The van der Waals surface area contributed by atoms with Gasteiger partial charge >= 0.3 is 5.97 Å². The van der Waals surface area contributed by atoms with Crippen LogP contribution in [0.3, 0.4) is 0 Å². The normalized spacial score (nSPS) is 17.3. The van der Waals surface area contributed by atoms with E-state index in [4.69, 9.17) is 5.11 Å². The Hall–Kier alpha value is -3.06. The Morgan fingerprint density at radius 2 is 1.96 bits per heavy atom. The van der Waals surface area contributed by atoms with Gasteiger partial charge < -0.3 is 10.2 Å². The molecule has 3 rings (SSSR count). The molecule has 1 aliphatic heterocycles. The number of carbonyl (C=O) groups is 2. The predicted molar refractivity (Wildman–Crippen MR) is 102 cm³/mol. The quantitative estimate of drug-likeness (QED) is 0.803. The highest BCUT2D eigenvalue weighted by molar-refractivity contribution is 8.18. The largest absolute Gasteiger partial charge is 0.508 e. The first-order valence-electron chi connectivity index (χ1n) is 7.90. The van der Waals surface area contributed by atoms with E-state index in [1.54, 1.807) is 47.4 Å². The van der Waals surface area contributed by atoms with Crippen LogP contribution < -0.4 is 0 Å². The number of aliphatic imine (C=N–C) groups is 1. The molecule has 0 spiro atoms. The van der Waals surface area contributed by atoms with Crippen LogP contribution in [0.15, 0.2) is 58.4 Å². The Bertz CT molecular complexity index is 919. The SMILES string of the molecule is CCN1C(=O)/C(=C/c2cccc(O)c2)SC1=Nc1ccc(C(=O)O)cc1. The number of amidine groups is 1. The van der Waals surface area contributed by atoms with E-state index in [0.29, 0.717) is 22.3 Å². The minimum Gasteiger partial charge on any atom is -0.508 e. The van der Waals surface area contributed by atoms with Crippen molar-refractivity contribution < 1.29 is 19.8 Å². The van der Waals surface area contributed by atoms with Gasteiger partial charge in [0, 0.05) is 6.54 Å². The summed E-state index contributed by atoms with van der Waals surface area (Å²) in [6.07, 6.45) is 1.71. The molecular weight excluding hydrogens is 352 g/mol. The van der Waals surface area contributed by atoms with E-state index in [9.17, 15) is 14.7 Å². The molecule has 1 heterocycles. The maximum Gasteiger partial charge on any atom is 0.335 e. The number of hydrogen-bond donors (Lipinski definition) is 2. The average molecular weight is 368 g/mol. The lowest BCUT2D eigenvalue weighted by Crippen LogP contribution is -2.28. The van der Waals surface area contributed by atoms with E-state index in [1.807, 2.05) is 6.92 Å². The molecule has 2 aromatic carbocycles. The molecular formula is C19H16N2O4S. The minimum absolute atomic E-state index is 0.134. The average Bonchev–Trinajstić information content (AvgIpc) is 2.90.